The number of hydrogen-bond donors (Lipinski definition) is 1. The van der Waals surface area contributed by atoms with Crippen LogP contribution in [0.25, 0.3) is 0 Å². The molecule has 1 aromatic carbocycles. The van der Waals surface area contributed by atoms with Crippen molar-refractivity contribution in [3.8, 4) is 0 Å². The van der Waals surface area contributed by atoms with Crippen molar-refractivity contribution < 1.29 is 14.7 Å². The summed E-state index contributed by atoms with van der Waals surface area (Å²) in [6.07, 6.45) is 1.59. The molecule has 0 aromatic heterocycles. The third-order valence-electron chi connectivity index (χ3n) is 1.63. The van der Waals surface area contributed by atoms with Crippen molar-refractivity contribution >= 4 is 46.6 Å². The Balaban J connectivity index is 3.14. The summed E-state index contributed by atoms with van der Waals surface area (Å²) in [5.41, 5.74) is 0.0326. The molecule has 1 N–H and O–H groups in total. The zero-order valence-electron chi connectivity index (χ0n) is 7.71. The maximum Gasteiger partial charge on any atom is 0.328 e. The van der Waals surface area contributed by atoms with Gasteiger partial charge in [0.15, 0.2) is 5.78 Å². The first-order chi connectivity index (χ1) is 7.41. The smallest absolute Gasteiger partial charge is 0.328 e. The van der Waals surface area contributed by atoms with Crippen molar-refractivity contribution in [1.82, 2.24) is 0 Å². The van der Waals surface area contributed by atoms with Gasteiger partial charge in [0.2, 0.25) is 0 Å². The molecule has 0 unspecified atom stereocenters. The van der Waals surface area contributed by atoms with Gasteiger partial charge in [0.1, 0.15) is 0 Å². The number of aliphatic carboxylic acids is 1. The number of carboxylic acids is 1. The Morgan fingerprint density at radius 2 is 1.56 bits per heavy atom. The second kappa shape index (κ2) is 5.34. The number of carbonyl (C=O) groups excluding carboxylic acids is 1. The average Bonchev–Trinajstić information content (AvgIpc) is 2.12. The van der Waals surface area contributed by atoms with Crippen LogP contribution >= 0.6 is 34.8 Å². The Morgan fingerprint density at radius 1 is 1.06 bits per heavy atom. The van der Waals surface area contributed by atoms with Gasteiger partial charge in [-0.15, -0.1) is 0 Å². The summed E-state index contributed by atoms with van der Waals surface area (Å²) in [7, 11) is 0. The predicted molar refractivity (Wildman–Crippen MR) is 62.6 cm³/mol. The Labute approximate surface area is 106 Å². The molecule has 84 valence electrons. The van der Waals surface area contributed by atoms with Crippen LogP contribution in [0.5, 0.6) is 0 Å². The van der Waals surface area contributed by atoms with Crippen molar-refractivity contribution in [2.45, 2.75) is 0 Å². The minimum absolute atomic E-state index is 0.0326. The van der Waals surface area contributed by atoms with Crippen LogP contribution in [0.15, 0.2) is 24.3 Å². The Bertz CT molecular complexity index is 457. The van der Waals surface area contributed by atoms with Gasteiger partial charge in [0.05, 0.1) is 15.6 Å². The van der Waals surface area contributed by atoms with Crippen molar-refractivity contribution in [2.24, 2.45) is 0 Å². The monoisotopic (exact) mass is 278 g/mol. The number of hydrogen-bond acceptors (Lipinski definition) is 2. The van der Waals surface area contributed by atoms with Crippen LogP contribution < -0.4 is 0 Å². The van der Waals surface area contributed by atoms with E-state index in [0.29, 0.717) is 11.1 Å². The number of rotatable bonds is 3. The molecule has 0 heterocycles. The maximum absolute atomic E-state index is 11.5. The van der Waals surface area contributed by atoms with Gasteiger partial charge in [0, 0.05) is 11.1 Å². The molecule has 1 rings (SSSR count). The van der Waals surface area contributed by atoms with Gasteiger partial charge in [-0.05, 0) is 18.2 Å². The number of benzene rings is 1. The molecule has 0 spiro atoms. The van der Waals surface area contributed by atoms with E-state index in [1.54, 1.807) is 0 Å². The Morgan fingerprint density at radius 3 is 2.00 bits per heavy atom. The van der Waals surface area contributed by atoms with E-state index in [-0.39, 0.29) is 15.6 Å². The van der Waals surface area contributed by atoms with Gasteiger partial charge in [-0.2, -0.15) is 0 Å². The molecule has 0 aliphatic heterocycles. The molecule has 6 heteroatoms. The van der Waals surface area contributed by atoms with Gasteiger partial charge < -0.3 is 5.11 Å². The van der Waals surface area contributed by atoms with E-state index in [1.165, 1.54) is 12.1 Å². The highest BCUT2D eigenvalue weighted by Gasteiger charge is 2.13. The number of ketones is 1. The summed E-state index contributed by atoms with van der Waals surface area (Å²) in [5.74, 6) is -1.82. The Hall–Kier alpha value is -1.03. The number of carboxylic acid groups (broad SMARTS) is 1. The van der Waals surface area contributed by atoms with E-state index in [0.717, 1.165) is 6.08 Å². The third-order valence-corrected chi connectivity index (χ3v) is 2.44. The molecular formula is C10H5Cl3O3. The standard InChI is InChI=1S/C10H5Cl3O3/c11-5-3-6(12)10(7(13)4-5)8(14)1-2-9(15)16/h1-4H,(H,15,16)/b2-1+. The fourth-order valence-corrected chi connectivity index (χ4v) is 2.01. The molecule has 0 aliphatic rings. The highest BCUT2D eigenvalue weighted by molar-refractivity contribution is 6.42. The minimum Gasteiger partial charge on any atom is -0.478 e. The van der Waals surface area contributed by atoms with E-state index < -0.39 is 11.8 Å². The normalized spacial score (nSPS) is 10.7. The molecule has 16 heavy (non-hydrogen) atoms. The second-order valence-electron chi connectivity index (χ2n) is 2.78. The summed E-state index contributed by atoms with van der Waals surface area (Å²) in [5, 5.41) is 8.83. The van der Waals surface area contributed by atoms with Crippen molar-refractivity contribution in [1.29, 1.82) is 0 Å². The topological polar surface area (TPSA) is 54.4 Å². The minimum atomic E-state index is -1.23. The lowest BCUT2D eigenvalue weighted by Crippen LogP contribution is -1.99. The van der Waals surface area contributed by atoms with Crippen molar-refractivity contribution in [2.75, 3.05) is 0 Å². The van der Waals surface area contributed by atoms with Crippen molar-refractivity contribution in [3.63, 3.8) is 0 Å². The van der Waals surface area contributed by atoms with Gasteiger partial charge in [-0.1, -0.05) is 34.8 Å². The largest absolute Gasteiger partial charge is 0.478 e. The van der Waals surface area contributed by atoms with Crippen LogP contribution in [0, 0.1) is 0 Å². The number of allylic oxidation sites excluding steroid dienone is 1. The van der Waals surface area contributed by atoms with Gasteiger partial charge in [-0.3, -0.25) is 4.79 Å². The molecular weight excluding hydrogens is 274 g/mol. The molecule has 0 bridgehead atoms. The predicted octanol–water partition coefficient (Wildman–Crippen LogP) is 3.47. The van der Waals surface area contributed by atoms with E-state index in [9.17, 15) is 9.59 Å². The molecule has 0 saturated carbocycles. The lowest BCUT2D eigenvalue weighted by atomic mass is 10.1. The van der Waals surface area contributed by atoms with Gasteiger partial charge in [0.25, 0.3) is 0 Å². The van der Waals surface area contributed by atoms with Crippen LogP contribution in [0.2, 0.25) is 15.1 Å². The molecule has 0 saturated heterocycles. The van der Waals surface area contributed by atoms with Crippen LogP contribution in [0.4, 0.5) is 0 Å². The van der Waals surface area contributed by atoms with Crippen LogP contribution in [0.1, 0.15) is 10.4 Å². The fraction of sp³-hybridized carbons (Fsp3) is 0. The molecule has 0 aliphatic carbocycles. The summed E-state index contributed by atoms with van der Waals surface area (Å²) in [4.78, 5) is 21.8. The summed E-state index contributed by atoms with van der Waals surface area (Å²) < 4.78 is 0. The zero-order valence-corrected chi connectivity index (χ0v) is 9.97. The van der Waals surface area contributed by atoms with E-state index in [4.69, 9.17) is 39.9 Å². The molecule has 0 radical (unpaired) electrons. The summed E-state index contributed by atoms with van der Waals surface area (Å²) >= 11 is 17.2. The first-order valence-electron chi connectivity index (χ1n) is 4.01. The third kappa shape index (κ3) is 3.23. The number of carbonyl (C=O) groups is 2. The molecule has 0 amide bonds. The molecule has 0 fully saturated rings. The highest BCUT2D eigenvalue weighted by Crippen LogP contribution is 2.29. The quantitative estimate of drug-likeness (QED) is 0.681. The van der Waals surface area contributed by atoms with E-state index in [1.807, 2.05) is 0 Å². The second-order valence-corrected chi connectivity index (χ2v) is 4.03. The summed E-state index contributed by atoms with van der Waals surface area (Å²) in [6, 6.07) is 2.72. The first kappa shape index (κ1) is 13.0. The SMILES string of the molecule is O=C(O)/C=C/C(=O)c1c(Cl)cc(Cl)cc1Cl. The fourth-order valence-electron chi connectivity index (χ4n) is 1.01. The average molecular weight is 280 g/mol. The van der Waals surface area contributed by atoms with Gasteiger partial charge in [-0.25, -0.2) is 4.79 Å². The van der Waals surface area contributed by atoms with E-state index >= 15 is 0 Å². The highest BCUT2D eigenvalue weighted by atomic mass is 35.5. The molecule has 3 nitrogen and oxygen atoms in total. The van der Waals surface area contributed by atoms with Crippen LogP contribution in [-0.2, 0) is 4.79 Å². The lowest BCUT2D eigenvalue weighted by Gasteiger charge is -2.03. The zero-order chi connectivity index (χ0) is 12.3. The number of halogens is 3. The first-order valence-corrected chi connectivity index (χ1v) is 5.15. The van der Waals surface area contributed by atoms with E-state index in [2.05, 4.69) is 0 Å². The van der Waals surface area contributed by atoms with Gasteiger partial charge >= 0.3 is 5.97 Å². The lowest BCUT2D eigenvalue weighted by molar-refractivity contribution is -0.131. The van der Waals surface area contributed by atoms with Crippen LogP contribution in [-0.4, -0.2) is 16.9 Å². The Kier molecular flexibility index (Phi) is 4.35. The summed E-state index contributed by atoms with van der Waals surface area (Å²) in [6.45, 7) is 0. The molecule has 0 atom stereocenters. The maximum atomic E-state index is 11.5. The van der Waals surface area contributed by atoms with Crippen LogP contribution in [0.3, 0.4) is 0 Å². The molecule has 1 aromatic rings. The van der Waals surface area contributed by atoms with Crippen molar-refractivity contribution in [3.05, 3.63) is 44.9 Å².